The molecule has 0 spiro atoms. The molecule has 1 aliphatic heterocycles. The number of hydrogen-bond donors (Lipinski definition) is 1. The van der Waals surface area contributed by atoms with Gasteiger partial charge in [-0.2, -0.15) is 0 Å². The minimum absolute atomic E-state index is 0.0871. The van der Waals surface area contributed by atoms with Crippen molar-refractivity contribution in [2.45, 2.75) is 6.61 Å². The van der Waals surface area contributed by atoms with Crippen molar-refractivity contribution < 1.29 is 14.6 Å². The van der Waals surface area contributed by atoms with E-state index in [1.54, 1.807) is 13.2 Å². The molecular formula is C22H16Cl2O3. The van der Waals surface area contributed by atoms with Crippen molar-refractivity contribution in [2.75, 3.05) is 7.11 Å². The van der Waals surface area contributed by atoms with E-state index in [4.69, 9.17) is 32.7 Å². The predicted octanol–water partition coefficient (Wildman–Crippen LogP) is 4.26. The quantitative estimate of drug-likeness (QED) is 0.560. The fraction of sp³-hybridized carbons (Fsp3) is 0.0909. The number of methoxy groups -OCH3 is 1. The highest BCUT2D eigenvalue weighted by atomic mass is 35.5. The van der Waals surface area contributed by atoms with Crippen molar-refractivity contribution in [1.82, 2.24) is 0 Å². The van der Waals surface area contributed by atoms with Crippen LogP contribution in [0.25, 0.3) is 12.2 Å². The van der Waals surface area contributed by atoms with E-state index in [0.717, 1.165) is 27.5 Å². The molecule has 0 saturated carbocycles. The molecule has 1 N–H and O–H groups in total. The molecule has 136 valence electrons. The second-order valence-electron chi connectivity index (χ2n) is 6.22. The number of hydrogen-bond acceptors (Lipinski definition) is 3. The molecule has 3 aromatic carbocycles. The summed E-state index contributed by atoms with van der Waals surface area (Å²) >= 11 is 12.7. The van der Waals surface area contributed by atoms with E-state index in [1.807, 2.05) is 42.5 Å². The third-order valence-corrected chi connectivity index (χ3v) is 5.27. The Kier molecular flexibility index (Phi) is 4.60. The van der Waals surface area contributed by atoms with Crippen LogP contribution in [0.2, 0.25) is 10.0 Å². The van der Waals surface area contributed by atoms with Crippen molar-refractivity contribution in [3.8, 4) is 17.2 Å². The Morgan fingerprint density at radius 1 is 1.00 bits per heavy atom. The lowest BCUT2D eigenvalue weighted by atomic mass is 9.90. The van der Waals surface area contributed by atoms with Gasteiger partial charge < -0.3 is 14.6 Å². The number of halogens is 2. The van der Waals surface area contributed by atoms with Crippen LogP contribution in [0.1, 0.15) is 16.7 Å². The molecule has 27 heavy (non-hydrogen) atoms. The molecule has 0 atom stereocenters. The Labute approximate surface area is 166 Å². The third kappa shape index (κ3) is 2.98. The van der Waals surface area contributed by atoms with Crippen molar-refractivity contribution in [1.29, 1.82) is 0 Å². The van der Waals surface area contributed by atoms with Gasteiger partial charge in [0.1, 0.15) is 17.2 Å². The average molecular weight is 399 g/mol. The van der Waals surface area contributed by atoms with Crippen molar-refractivity contribution in [3.05, 3.63) is 85.7 Å². The van der Waals surface area contributed by atoms with Crippen molar-refractivity contribution in [3.63, 3.8) is 0 Å². The average Bonchev–Trinajstić information content (AvgIpc) is 2.67. The summed E-state index contributed by atoms with van der Waals surface area (Å²) < 4.78 is 11.4. The summed E-state index contributed by atoms with van der Waals surface area (Å²) in [6, 6.07) is 14.9. The van der Waals surface area contributed by atoms with Gasteiger partial charge in [0.05, 0.1) is 18.7 Å². The topological polar surface area (TPSA) is 38.7 Å². The molecule has 1 heterocycles. The van der Waals surface area contributed by atoms with E-state index in [2.05, 4.69) is 6.58 Å². The second-order valence-corrected chi connectivity index (χ2v) is 7.03. The maximum atomic E-state index is 9.85. The van der Waals surface area contributed by atoms with Gasteiger partial charge >= 0.3 is 0 Å². The summed E-state index contributed by atoms with van der Waals surface area (Å²) in [6.45, 7) is 3.87. The summed E-state index contributed by atoms with van der Waals surface area (Å²) in [6.07, 6.45) is 0. The lowest BCUT2D eigenvalue weighted by molar-refractivity contribution is 0.281. The maximum Gasteiger partial charge on any atom is 0.141 e. The zero-order valence-corrected chi connectivity index (χ0v) is 16.1. The highest BCUT2D eigenvalue weighted by Gasteiger charge is 2.24. The molecule has 0 amide bonds. The van der Waals surface area contributed by atoms with Crippen molar-refractivity contribution >= 4 is 35.4 Å². The Balaban J connectivity index is 2.16. The summed E-state index contributed by atoms with van der Waals surface area (Å²) in [5, 5.41) is 12.4. The van der Waals surface area contributed by atoms with Crippen LogP contribution in [0.15, 0.2) is 48.5 Å². The smallest absolute Gasteiger partial charge is 0.141 e. The standard InChI is InChI=1S/C22H16Cl2O3/c1-12-7-19-15(8-17(12)23)22(14-6-4-3-5-13(14)11-25)16-9-18(24)21(26-2)10-20(16)27-19/h3-10,25H,1,11H2,2H3. The van der Waals surface area contributed by atoms with Crippen LogP contribution < -0.4 is 19.9 Å². The number of aliphatic hydroxyl groups excluding tert-OH is 1. The van der Waals surface area contributed by atoms with Crippen LogP contribution in [-0.2, 0) is 6.61 Å². The Bertz CT molecular complexity index is 1170. The first-order valence-electron chi connectivity index (χ1n) is 8.31. The van der Waals surface area contributed by atoms with Gasteiger partial charge in [-0.1, -0.05) is 54.0 Å². The Morgan fingerprint density at radius 2 is 1.78 bits per heavy atom. The van der Waals surface area contributed by atoms with Gasteiger partial charge in [0, 0.05) is 27.4 Å². The van der Waals surface area contributed by atoms with Crippen molar-refractivity contribution in [2.24, 2.45) is 0 Å². The number of rotatable bonds is 3. The lowest BCUT2D eigenvalue weighted by Crippen LogP contribution is -2.21. The molecule has 1 aliphatic rings. The van der Waals surface area contributed by atoms with E-state index >= 15 is 0 Å². The lowest BCUT2D eigenvalue weighted by Gasteiger charge is -2.23. The molecule has 0 unspecified atom stereocenters. The third-order valence-electron chi connectivity index (χ3n) is 4.62. The zero-order valence-electron chi connectivity index (χ0n) is 14.6. The number of aliphatic hydroxyl groups is 1. The van der Waals surface area contributed by atoms with E-state index in [9.17, 15) is 5.11 Å². The zero-order chi connectivity index (χ0) is 19.1. The largest absolute Gasteiger partial charge is 0.495 e. The van der Waals surface area contributed by atoms with Gasteiger partial charge in [0.25, 0.3) is 0 Å². The Morgan fingerprint density at radius 3 is 2.52 bits per heavy atom. The number of ether oxygens (including phenoxy) is 2. The van der Waals surface area contributed by atoms with Crippen LogP contribution >= 0.6 is 23.2 Å². The van der Waals surface area contributed by atoms with Gasteiger partial charge in [-0.05, 0) is 34.5 Å². The maximum absolute atomic E-state index is 9.85. The first kappa shape index (κ1) is 17.9. The molecule has 5 heteroatoms. The van der Waals surface area contributed by atoms with Crippen LogP contribution in [0.4, 0.5) is 0 Å². The minimum atomic E-state index is -0.0871. The van der Waals surface area contributed by atoms with Crippen LogP contribution in [-0.4, -0.2) is 12.2 Å². The predicted molar refractivity (Wildman–Crippen MR) is 108 cm³/mol. The molecule has 4 rings (SSSR count). The summed E-state index contributed by atoms with van der Waals surface area (Å²) in [4.78, 5) is 0. The van der Waals surface area contributed by atoms with Crippen LogP contribution in [0, 0.1) is 0 Å². The molecule has 0 bridgehead atoms. The number of benzene rings is 3. The van der Waals surface area contributed by atoms with E-state index in [-0.39, 0.29) is 6.61 Å². The van der Waals surface area contributed by atoms with Crippen LogP contribution in [0.3, 0.4) is 0 Å². The summed E-state index contributed by atoms with van der Waals surface area (Å²) in [5.74, 6) is 1.79. The summed E-state index contributed by atoms with van der Waals surface area (Å²) in [7, 11) is 1.56. The monoisotopic (exact) mass is 398 g/mol. The molecule has 0 fully saturated rings. The van der Waals surface area contributed by atoms with E-state index in [1.165, 1.54) is 0 Å². The number of fused-ring (bicyclic) bond motifs is 2. The molecule has 3 nitrogen and oxygen atoms in total. The SMILES string of the molecule is C=c1cc2c(cc1Cl)=C(c1ccccc1CO)c1cc(Cl)c(OC)cc1O2. The summed E-state index contributed by atoms with van der Waals surface area (Å²) in [5.41, 5.74) is 3.39. The second kappa shape index (κ2) is 6.93. The highest BCUT2D eigenvalue weighted by molar-refractivity contribution is 6.32. The molecule has 0 aromatic heterocycles. The van der Waals surface area contributed by atoms with Crippen LogP contribution in [0.5, 0.6) is 17.2 Å². The minimum Gasteiger partial charge on any atom is -0.495 e. The van der Waals surface area contributed by atoms with Gasteiger partial charge in [-0.25, -0.2) is 0 Å². The Hall–Kier alpha value is -2.46. The highest BCUT2D eigenvalue weighted by Crippen LogP contribution is 2.42. The molecule has 0 saturated heterocycles. The molecule has 0 aliphatic carbocycles. The molecular weight excluding hydrogens is 383 g/mol. The fourth-order valence-electron chi connectivity index (χ4n) is 3.30. The fourth-order valence-corrected chi connectivity index (χ4v) is 3.71. The van der Waals surface area contributed by atoms with E-state index < -0.39 is 0 Å². The van der Waals surface area contributed by atoms with Gasteiger partial charge in [-0.15, -0.1) is 0 Å². The van der Waals surface area contributed by atoms with E-state index in [0.29, 0.717) is 32.5 Å². The molecule has 0 radical (unpaired) electrons. The normalized spacial score (nSPS) is 12.2. The van der Waals surface area contributed by atoms with Gasteiger partial charge in [0.2, 0.25) is 0 Å². The first-order chi connectivity index (χ1) is 13.0. The van der Waals surface area contributed by atoms with Gasteiger partial charge in [0.15, 0.2) is 0 Å². The molecule has 3 aromatic rings. The first-order valence-corrected chi connectivity index (χ1v) is 9.06. The van der Waals surface area contributed by atoms with Gasteiger partial charge in [-0.3, -0.25) is 0 Å².